The first kappa shape index (κ1) is 49.8. The normalized spacial score (nSPS) is 13.8. The second kappa shape index (κ2) is 35.8. The van der Waals surface area contributed by atoms with Crippen molar-refractivity contribution >= 4 is 17.9 Å². The molecule has 1 N–H and O–H groups in total. The minimum atomic E-state index is -0.887. The molecule has 0 amide bonds. The van der Waals surface area contributed by atoms with Crippen LogP contribution < -0.4 is 0 Å². The van der Waals surface area contributed by atoms with Gasteiger partial charge in [-0.25, -0.2) is 4.79 Å². The van der Waals surface area contributed by atoms with Crippen LogP contribution in [-0.2, 0) is 28.6 Å². The molecule has 0 saturated carbocycles. The number of aliphatic carboxylic acids is 1. The van der Waals surface area contributed by atoms with Gasteiger partial charge in [0.15, 0.2) is 12.1 Å². The van der Waals surface area contributed by atoms with E-state index in [0.717, 1.165) is 77.0 Å². The summed E-state index contributed by atoms with van der Waals surface area (Å²) in [6, 6.07) is -0.624. The Morgan fingerprint density at radius 2 is 1.08 bits per heavy atom. The summed E-state index contributed by atoms with van der Waals surface area (Å²) in [6.45, 7) is 4.50. The van der Waals surface area contributed by atoms with Crippen molar-refractivity contribution in [1.29, 1.82) is 0 Å². The highest BCUT2D eigenvalue weighted by atomic mass is 16.6. The fraction of sp³-hybridized carbons (Fsp3) is 0.667. The van der Waals surface area contributed by atoms with Gasteiger partial charge in [0.25, 0.3) is 0 Å². The monoisotopic (exact) mass is 743 g/mol. The Morgan fingerprint density at radius 1 is 0.585 bits per heavy atom. The summed E-state index contributed by atoms with van der Waals surface area (Å²) < 4.78 is 17.1. The number of rotatable bonds is 35. The Hall–Kier alpha value is -3.23. The molecule has 0 rings (SSSR count). The second-order valence-electron chi connectivity index (χ2n) is 14.5. The number of esters is 2. The molecule has 2 atom stereocenters. The van der Waals surface area contributed by atoms with Crippen LogP contribution in [0.4, 0.5) is 0 Å². The van der Waals surface area contributed by atoms with Crippen molar-refractivity contribution in [1.82, 2.24) is 0 Å². The van der Waals surface area contributed by atoms with E-state index in [1.807, 2.05) is 21.1 Å². The molecule has 0 saturated heterocycles. The second-order valence-corrected chi connectivity index (χ2v) is 14.5. The minimum Gasteiger partial charge on any atom is -0.477 e. The molecule has 0 fully saturated rings. The molecule has 8 heteroatoms. The number of quaternary nitrogens is 1. The van der Waals surface area contributed by atoms with E-state index in [9.17, 15) is 19.5 Å². The van der Waals surface area contributed by atoms with E-state index in [1.165, 1.54) is 25.7 Å². The number of carbonyl (C=O) groups excluding carboxylic acids is 2. The van der Waals surface area contributed by atoms with Gasteiger partial charge in [0, 0.05) is 19.3 Å². The summed E-state index contributed by atoms with van der Waals surface area (Å²) in [5.41, 5.74) is 0. The SMILES string of the molecule is CC/C=C/C/C=C/C/C=C/C/C=C/C/C=C/CCCCCCC(=O)OCC(COCCC(C(=O)O)[N+](C)(C)C)OC(=O)CCC/C=C/CCCCCC. The van der Waals surface area contributed by atoms with Crippen LogP contribution in [0.2, 0.25) is 0 Å². The summed E-state index contributed by atoms with van der Waals surface area (Å²) in [7, 11) is 5.49. The molecule has 2 unspecified atom stereocenters. The maximum Gasteiger partial charge on any atom is 0.362 e. The van der Waals surface area contributed by atoms with E-state index >= 15 is 0 Å². The number of carbonyl (C=O) groups is 3. The number of allylic oxidation sites excluding steroid dienone is 12. The van der Waals surface area contributed by atoms with Gasteiger partial charge in [-0.15, -0.1) is 0 Å². The zero-order valence-electron chi connectivity index (χ0n) is 34.2. The van der Waals surface area contributed by atoms with Crippen molar-refractivity contribution in [2.45, 2.75) is 154 Å². The molecule has 0 aliphatic heterocycles. The number of hydrogen-bond donors (Lipinski definition) is 1. The van der Waals surface area contributed by atoms with Crippen molar-refractivity contribution in [2.75, 3.05) is 41.0 Å². The predicted octanol–water partition coefficient (Wildman–Crippen LogP) is 10.8. The third-order valence-corrected chi connectivity index (χ3v) is 8.59. The Kier molecular flexibility index (Phi) is 33.6. The smallest absolute Gasteiger partial charge is 0.362 e. The summed E-state index contributed by atoms with van der Waals surface area (Å²) in [5, 5.41) is 9.58. The maximum atomic E-state index is 12.6. The Bertz CT molecular complexity index is 1100. The number of carboxylic acids is 1. The first-order valence-corrected chi connectivity index (χ1v) is 20.5. The van der Waals surface area contributed by atoms with Gasteiger partial charge in [0.2, 0.25) is 0 Å². The Labute approximate surface area is 323 Å². The molecule has 302 valence electrons. The van der Waals surface area contributed by atoms with Crippen molar-refractivity contribution < 1.29 is 38.2 Å². The zero-order valence-corrected chi connectivity index (χ0v) is 34.2. The first-order chi connectivity index (χ1) is 25.6. The van der Waals surface area contributed by atoms with Gasteiger partial charge in [0.05, 0.1) is 34.4 Å². The molecular formula is C45H76NO7+. The van der Waals surface area contributed by atoms with Crippen LogP contribution in [0, 0.1) is 0 Å². The lowest BCUT2D eigenvalue weighted by molar-refractivity contribution is -0.887. The molecule has 0 heterocycles. The molecular weight excluding hydrogens is 666 g/mol. The van der Waals surface area contributed by atoms with E-state index in [-0.39, 0.29) is 42.7 Å². The van der Waals surface area contributed by atoms with Crippen LogP contribution in [0.25, 0.3) is 0 Å². The lowest BCUT2D eigenvalue weighted by Crippen LogP contribution is -2.50. The van der Waals surface area contributed by atoms with Crippen LogP contribution in [0.15, 0.2) is 72.9 Å². The van der Waals surface area contributed by atoms with Crippen LogP contribution in [0.3, 0.4) is 0 Å². The number of ether oxygens (including phenoxy) is 3. The lowest BCUT2D eigenvalue weighted by Gasteiger charge is -2.31. The van der Waals surface area contributed by atoms with E-state index < -0.39 is 18.1 Å². The van der Waals surface area contributed by atoms with E-state index in [0.29, 0.717) is 19.3 Å². The van der Waals surface area contributed by atoms with Gasteiger partial charge >= 0.3 is 17.9 Å². The summed E-state index contributed by atoms with van der Waals surface area (Å²) in [5.74, 6) is -1.56. The fourth-order valence-corrected chi connectivity index (χ4v) is 5.41. The van der Waals surface area contributed by atoms with E-state index in [4.69, 9.17) is 14.2 Å². The average molecular weight is 743 g/mol. The molecule has 0 aromatic rings. The lowest BCUT2D eigenvalue weighted by atomic mass is 10.1. The molecule has 0 bridgehead atoms. The predicted molar refractivity (Wildman–Crippen MR) is 220 cm³/mol. The largest absolute Gasteiger partial charge is 0.477 e. The zero-order chi connectivity index (χ0) is 39.3. The van der Waals surface area contributed by atoms with Crippen LogP contribution >= 0.6 is 0 Å². The van der Waals surface area contributed by atoms with E-state index in [1.54, 1.807) is 0 Å². The van der Waals surface area contributed by atoms with Gasteiger partial charge in [0.1, 0.15) is 6.61 Å². The topological polar surface area (TPSA) is 99.1 Å². The highest BCUT2D eigenvalue weighted by Crippen LogP contribution is 2.11. The highest BCUT2D eigenvalue weighted by molar-refractivity contribution is 5.72. The molecule has 53 heavy (non-hydrogen) atoms. The average Bonchev–Trinajstić information content (AvgIpc) is 3.11. The molecule has 0 aliphatic carbocycles. The number of unbranched alkanes of at least 4 members (excludes halogenated alkanes) is 9. The van der Waals surface area contributed by atoms with E-state index in [2.05, 4.69) is 86.8 Å². The number of hydrogen-bond acceptors (Lipinski definition) is 6. The van der Waals surface area contributed by atoms with Gasteiger partial charge < -0.3 is 23.8 Å². The van der Waals surface area contributed by atoms with Crippen LogP contribution in [0.1, 0.15) is 142 Å². The molecule has 0 aromatic heterocycles. The van der Waals surface area contributed by atoms with Crippen molar-refractivity contribution in [3.63, 3.8) is 0 Å². The Morgan fingerprint density at radius 3 is 1.62 bits per heavy atom. The van der Waals surface area contributed by atoms with Crippen molar-refractivity contribution in [3.8, 4) is 0 Å². The van der Waals surface area contributed by atoms with Crippen molar-refractivity contribution in [3.05, 3.63) is 72.9 Å². The minimum absolute atomic E-state index is 0.0377. The maximum absolute atomic E-state index is 12.6. The quantitative estimate of drug-likeness (QED) is 0.0299. The van der Waals surface area contributed by atoms with Gasteiger partial charge in [-0.3, -0.25) is 9.59 Å². The molecule has 0 aliphatic rings. The van der Waals surface area contributed by atoms with Crippen LogP contribution in [0.5, 0.6) is 0 Å². The summed E-state index contributed by atoms with van der Waals surface area (Å²) >= 11 is 0. The third kappa shape index (κ3) is 34.3. The summed E-state index contributed by atoms with van der Waals surface area (Å²) in [4.78, 5) is 36.8. The Balaban J connectivity index is 4.39. The fourth-order valence-electron chi connectivity index (χ4n) is 5.41. The number of carboxylic acid groups (broad SMARTS) is 1. The third-order valence-electron chi connectivity index (χ3n) is 8.59. The molecule has 0 aromatic carbocycles. The first-order valence-electron chi connectivity index (χ1n) is 20.5. The van der Waals surface area contributed by atoms with Crippen LogP contribution in [-0.4, -0.2) is 80.6 Å². The number of nitrogens with zero attached hydrogens (tertiary/aromatic N) is 1. The number of likely N-dealkylation sites (N-methyl/N-ethyl adjacent to an activating group) is 1. The van der Waals surface area contributed by atoms with Gasteiger partial charge in [-0.05, 0) is 77.0 Å². The van der Waals surface area contributed by atoms with Gasteiger partial charge in [-0.2, -0.15) is 0 Å². The van der Waals surface area contributed by atoms with Gasteiger partial charge in [-0.1, -0.05) is 119 Å². The van der Waals surface area contributed by atoms with Crippen molar-refractivity contribution in [2.24, 2.45) is 0 Å². The molecule has 0 spiro atoms. The highest BCUT2D eigenvalue weighted by Gasteiger charge is 2.31. The summed E-state index contributed by atoms with van der Waals surface area (Å²) in [6.07, 6.45) is 43.9. The molecule has 8 nitrogen and oxygen atoms in total. The standard InChI is InChI=1S/C45H75NO7/c1-6-8-10-12-14-16-17-18-19-20-21-22-23-24-25-26-28-29-31-33-35-43(47)52-40-41(39-51-38-37-42(45(49)50)46(3,4)5)53-44(48)36-34-32-30-27-15-13-11-9-7-2/h8,10,14,16,18-19,21-22,24-25,27,30,41-42H,6-7,9,11-13,15,17,20,23,26,28-29,31-40H2,1-5H3/p+1/b10-8+,16-14+,19-18+,22-21+,25-24+,30-27+. The molecule has 0 radical (unpaired) electrons.